The summed E-state index contributed by atoms with van der Waals surface area (Å²) in [5.41, 5.74) is 2.96. The van der Waals surface area contributed by atoms with Gasteiger partial charge in [-0.1, -0.05) is 12.2 Å². The van der Waals surface area contributed by atoms with Crippen molar-refractivity contribution in [3.05, 3.63) is 23.9 Å². The fourth-order valence-electron chi connectivity index (χ4n) is 0.570. The first-order chi connectivity index (χ1) is 5.70. The molecule has 0 fully saturated rings. The van der Waals surface area contributed by atoms with E-state index in [1.807, 2.05) is 37.5 Å². The zero-order valence-electron chi connectivity index (χ0n) is 7.42. The van der Waals surface area contributed by atoms with Crippen LogP contribution in [0.15, 0.2) is 23.9 Å². The summed E-state index contributed by atoms with van der Waals surface area (Å²) in [6.07, 6.45) is 5.68. The first kappa shape index (κ1) is 10.7. The van der Waals surface area contributed by atoms with Crippen LogP contribution in [0.2, 0.25) is 0 Å². The van der Waals surface area contributed by atoms with E-state index in [1.54, 1.807) is 0 Å². The lowest BCUT2D eigenvalue weighted by Gasteiger charge is -2.03. The summed E-state index contributed by atoms with van der Waals surface area (Å²) in [6.45, 7) is 4.01. The van der Waals surface area contributed by atoms with Crippen molar-refractivity contribution in [2.24, 2.45) is 5.84 Å². The highest BCUT2D eigenvalue weighted by atomic mass is 16.2. The zero-order valence-corrected chi connectivity index (χ0v) is 7.42. The third-order valence-electron chi connectivity index (χ3n) is 1.23. The second-order valence-corrected chi connectivity index (χ2v) is 2.30. The minimum atomic E-state index is -0.233. The van der Waals surface area contributed by atoms with Gasteiger partial charge in [0.25, 0.3) is 5.91 Å². The Morgan fingerprint density at radius 1 is 1.58 bits per heavy atom. The van der Waals surface area contributed by atoms with Crippen molar-refractivity contribution in [1.29, 1.82) is 0 Å². The normalized spacial score (nSPS) is 11.8. The molecule has 4 N–H and O–H groups in total. The number of hydrogen-bond acceptors (Lipinski definition) is 3. The lowest BCUT2D eigenvalue weighted by Crippen LogP contribution is -2.37. The van der Waals surface area contributed by atoms with E-state index in [0.29, 0.717) is 0 Å². The van der Waals surface area contributed by atoms with Crippen LogP contribution in [0.3, 0.4) is 0 Å². The molecule has 0 bridgehead atoms. The Morgan fingerprint density at radius 3 is 2.75 bits per heavy atom. The van der Waals surface area contributed by atoms with Crippen LogP contribution < -0.4 is 16.6 Å². The SMILES string of the molecule is C/C=C\C=C(/C)NCC(=O)NN. The summed E-state index contributed by atoms with van der Waals surface area (Å²) in [5, 5.41) is 2.89. The van der Waals surface area contributed by atoms with E-state index in [0.717, 1.165) is 5.70 Å². The van der Waals surface area contributed by atoms with Crippen molar-refractivity contribution in [2.75, 3.05) is 6.54 Å². The Bertz CT molecular complexity index is 196. The lowest BCUT2D eigenvalue weighted by atomic mass is 10.4. The van der Waals surface area contributed by atoms with Crippen LogP contribution in [0.4, 0.5) is 0 Å². The molecule has 0 unspecified atom stereocenters. The van der Waals surface area contributed by atoms with Gasteiger partial charge in [-0.25, -0.2) is 5.84 Å². The summed E-state index contributed by atoms with van der Waals surface area (Å²) >= 11 is 0. The third kappa shape index (κ3) is 5.49. The molecule has 0 atom stereocenters. The van der Waals surface area contributed by atoms with Gasteiger partial charge in [0, 0.05) is 5.70 Å². The molecule has 1 amide bonds. The second kappa shape index (κ2) is 6.42. The monoisotopic (exact) mass is 169 g/mol. The van der Waals surface area contributed by atoms with Crippen LogP contribution in [0.5, 0.6) is 0 Å². The van der Waals surface area contributed by atoms with Gasteiger partial charge in [0.2, 0.25) is 0 Å². The number of allylic oxidation sites excluding steroid dienone is 4. The molecule has 0 aliphatic carbocycles. The molecule has 0 aromatic rings. The summed E-state index contributed by atoms with van der Waals surface area (Å²) in [5.74, 6) is 4.65. The molecule has 0 aromatic carbocycles. The fraction of sp³-hybridized carbons (Fsp3) is 0.375. The third-order valence-corrected chi connectivity index (χ3v) is 1.23. The lowest BCUT2D eigenvalue weighted by molar-refractivity contribution is -0.120. The Kier molecular flexibility index (Phi) is 5.73. The minimum absolute atomic E-state index is 0.205. The first-order valence-corrected chi connectivity index (χ1v) is 3.73. The van der Waals surface area contributed by atoms with Crippen molar-refractivity contribution in [1.82, 2.24) is 10.7 Å². The van der Waals surface area contributed by atoms with Gasteiger partial charge in [-0.05, 0) is 19.9 Å². The summed E-state index contributed by atoms with van der Waals surface area (Å²) in [6, 6.07) is 0. The Balaban J connectivity index is 3.70. The van der Waals surface area contributed by atoms with E-state index < -0.39 is 0 Å². The van der Waals surface area contributed by atoms with Gasteiger partial charge in [0.05, 0.1) is 6.54 Å². The zero-order chi connectivity index (χ0) is 9.40. The standard InChI is InChI=1S/C8H15N3O/c1-3-4-5-7(2)10-6-8(12)11-9/h3-5,10H,6,9H2,1-2H3,(H,11,12)/b4-3-,7-5+. The summed E-state index contributed by atoms with van der Waals surface area (Å²) < 4.78 is 0. The Hall–Kier alpha value is -1.29. The van der Waals surface area contributed by atoms with Crippen molar-refractivity contribution in [2.45, 2.75) is 13.8 Å². The molecule has 0 radical (unpaired) electrons. The van der Waals surface area contributed by atoms with Gasteiger partial charge in [-0.2, -0.15) is 0 Å². The number of carbonyl (C=O) groups excluding carboxylic acids is 1. The van der Waals surface area contributed by atoms with Crippen molar-refractivity contribution >= 4 is 5.91 Å². The number of rotatable bonds is 4. The van der Waals surface area contributed by atoms with E-state index in [9.17, 15) is 4.79 Å². The Labute approximate surface area is 72.5 Å². The predicted molar refractivity (Wildman–Crippen MR) is 48.9 cm³/mol. The van der Waals surface area contributed by atoms with Crippen molar-refractivity contribution in [3.8, 4) is 0 Å². The summed E-state index contributed by atoms with van der Waals surface area (Å²) in [7, 11) is 0. The van der Waals surface area contributed by atoms with Gasteiger partial charge in [0.15, 0.2) is 0 Å². The van der Waals surface area contributed by atoms with Gasteiger partial charge in [-0.3, -0.25) is 10.2 Å². The second-order valence-electron chi connectivity index (χ2n) is 2.30. The molecule has 0 rings (SSSR count). The average Bonchev–Trinajstić information content (AvgIpc) is 2.10. The minimum Gasteiger partial charge on any atom is -0.380 e. The number of carbonyl (C=O) groups is 1. The first-order valence-electron chi connectivity index (χ1n) is 3.73. The van der Waals surface area contributed by atoms with Gasteiger partial charge in [-0.15, -0.1) is 0 Å². The maximum atomic E-state index is 10.6. The van der Waals surface area contributed by atoms with Crippen molar-refractivity contribution in [3.63, 3.8) is 0 Å². The average molecular weight is 169 g/mol. The van der Waals surface area contributed by atoms with Crippen LogP contribution >= 0.6 is 0 Å². The van der Waals surface area contributed by atoms with Gasteiger partial charge in [0.1, 0.15) is 0 Å². The topological polar surface area (TPSA) is 67.2 Å². The molecular weight excluding hydrogens is 154 g/mol. The van der Waals surface area contributed by atoms with Crippen molar-refractivity contribution < 1.29 is 4.79 Å². The molecule has 12 heavy (non-hydrogen) atoms. The molecule has 68 valence electrons. The fourth-order valence-corrected chi connectivity index (χ4v) is 0.570. The van der Waals surface area contributed by atoms with Crippen LogP contribution in [0, 0.1) is 0 Å². The largest absolute Gasteiger partial charge is 0.380 e. The van der Waals surface area contributed by atoms with E-state index >= 15 is 0 Å². The molecule has 0 spiro atoms. The predicted octanol–water partition coefficient (Wildman–Crippen LogP) is 0.0458. The summed E-state index contributed by atoms with van der Waals surface area (Å²) in [4.78, 5) is 10.6. The molecule has 0 heterocycles. The smallest absolute Gasteiger partial charge is 0.253 e. The van der Waals surface area contributed by atoms with Crippen LogP contribution in [-0.4, -0.2) is 12.5 Å². The number of amides is 1. The maximum absolute atomic E-state index is 10.6. The molecule has 4 nitrogen and oxygen atoms in total. The molecular formula is C8H15N3O. The molecule has 0 aromatic heterocycles. The van der Waals surface area contributed by atoms with E-state index in [-0.39, 0.29) is 12.5 Å². The van der Waals surface area contributed by atoms with Gasteiger partial charge >= 0.3 is 0 Å². The Morgan fingerprint density at radius 2 is 2.25 bits per heavy atom. The number of nitrogens with two attached hydrogens (primary N) is 1. The van der Waals surface area contributed by atoms with Gasteiger partial charge < -0.3 is 5.32 Å². The highest BCUT2D eigenvalue weighted by molar-refractivity contribution is 5.77. The molecule has 0 aliphatic heterocycles. The quantitative estimate of drug-likeness (QED) is 0.241. The molecule has 0 aliphatic rings. The van der Waals surface area contributed by atoms with Crippen LogP contribution in [0.25, 0.3) is 0 Å². The number of nitrogens with one attached hydrogen (secondary N) is 2. The maximum Gasteiger partial charge on any atom is 0.253 e. The highest BCUT2D eigenvalue weighted by Gasteiger charge is 1.94. The number of hydrazine groups is 1. The molecule has 4 heteroatoms. The van der Waals surface area contributed by atoms with E-state index in [1.165, 1.54) is 0 Å². The van der Waals surface area contributed by atoms with E-state index in [2.05, 4.69) is 5.32 Å². The van der Waals surface area contributed by atoms with E-state index in [4.69, 9.17) is 5.84 Å². The van der Waals surface area contributed by atoms with Crippen LogP contribution in [-0.2, 0) is 4.79 Å². The molecule has 0 saturated heterocycles. The highest BCUT2D eigenvalue weighted by Crippen LogP contribution is 1.86. The van der Waals surface area contributed by atoms with Crippen LogP contribution in [0.1, 0.15) is 13.8 Å². The molecule has 0 saturated carbocycles. The number of hydrogen-bond donors (Lipinski definition) is 3.